The molecule has 0 radical (unpaired) electrons. The summed E-state index contributed by atoms with van der Waals surface area (Å²) in [6.45, 7) is 0. The van der Waals surface area contributed by atoms with Crippen LogP contribution >= 0.6 is 11.6 Å². The predicted octanol–water partition coefficient (Wildman–Crippen LogP) is 1.94. The minimum atomic E-state index is -4.96. The van der Waals surface area contributed by atoms with Gasteiger partial charge in [-0.15, -0.1) is 13.2 Å². The molecule has 0 saturated heterocycles. The molecule has 8 heteroatoms. The molecule has 0 aliphatic heterocycles. The van der Waals surface area contributed by atoms with Gasteiger partial charge in [0.1, 0.15) is 5.82 Å². The van der Waals surface area contributed by atoms with Gasteiger partial charge in [-0.2, -0.15) is 4.98 Å². The molecule has 1 heterocycles. The van der Waals surface area contributed by atoms with Crippen molar-refractivity contribution in [2.75, 3.05) is 5.73 Å². The van der Waals surface area contributed by atoms with Gasteiger partial charge in [0, 0.05) is 0 Å². The fraction of sp³-hybridized carbons (Fsp3) is 0.143. The molecule has 82 valence electrons. The largest absolute Gasteiger partial charge is 0.574 e. The zero-order valence-electron chi connectivity index (χ0n) is 7.01. The Labute approximate surface area is 86.8 Å². The van der Waals surface area contributed by atoms with Crippen LogP contribution in [0.2, 0.25) is 0 Å². The van der Waals surface area contributed by atoms with Crippen LogP contribution in [0.25, 0.3) is 0 Å². The van der Waals surface area contributed by atoms with Crippen LogP contribution in [0.3, 0.4) is 0 Å². The molecule has 0 bridgehead atoms. The van der Waals surface area contributed by atoms with E-state index < -0.39 is 23.0 Å². The highest BCUT2D eigenvalue weighted by Gasteiger charge is 2.33. The fourth-order valence-corrected chi connectivity index (χ4v) is 0.936. The van der Waals surface area contributed by atoms with Gasteiger partial charge in [0.15, 0.2) is 0 Å². The quantitative estimate of drug-likeness (QED) is 0.803. The van der Waals surface area contributed by atoms with E-state index >= 15 is 0 Å². The third-order valence-corrected chi connectivity index (χ3v) is 1.51. The van der Waals surface area contributed by atoms with Crippen LogP contribution in [0, 0.1) is 0 Å². The second kappa shape index (κ2) is 3.93. The van der Waals surface area contributed by atoms with Gasteiger partial charge in [-0.1, -0.05) is 0 Å². The molecule has 0 aromatic carbocycles. The third-order valence-electron chi connectivity index (χ3n) is 1.31. The van der Waals surface area contributed by atoms with Crippen molar-refractivity contribution in [3.05, 3.63) is 17.7 Å². The van der Waals surface area contributed by atoms with Gasteiger partial charge >= 0.3 is 6.36 Å². The zero-order chi connectivity index (χ0) is 11.6. The number of pyridine rings is 1. The van der Waals surface area contributed by atoms with Crippen molar-refractivity contribution in [1.29, 1.82) is 0 Å². The number of anilines is 1. The number of hydrogen-bond acceptors (Lipinski definition) is 4. The highest BCUT2D eigenvalue weighted by Crippen LogP contribution is 2.26. The summed E-state index contributed by atoms with van der Waals surface area (Å²) in [5.74, 6) is -1.17. The SMILES string of the molecule is Nc1ccc(C(=O)Cl)c(OC(F)(F)F)n1. The molecule has 0 saturated carbocycles. The van der Waals surface area contributed by atoms with E-state index in [2.05, 4.69) is 9.72 Å². The van der Waals surface area contributed by atoms with Gasteiger partial charge in [-0.05, 0) is 23.7 Å². The summed E-state index contributed by atoms with van der Waals surface area (Å²) in [5.41, 5.74) is 4.64. The molecule has 0 amide bonds. The Kier molecular flexibility index (Phi) is 3.04. The molecule has 4 nitrogen and oxygen atoms in total. The second-order valence-electron chi connectivity index (χ2n) is 2.41. The van der Waals surface area contributed by atoms with E-state index in [1.54, 1.807) is 0 Å². The van der Waals surface area contributed by atoms with Crippen LogP contribution in [0.1, 0.15) is 10.4 Å². The molecule has 1 aromatic heterocycles. The summed E-state index contributed by atoms with van der Waals surface area (Å²) in [4.78, 5) is 13.9. The van der Waals surface area contributed by atoms with Crippen molar-refractivity contribution in [2.45, 2.75) is 6.36 Å². The lowest BCUT2D eigenvalue weighted by Crippen LogP contribution is -2.19. The monoisotopic (exact) mass is 240 g/mol. The van der Waals surface area contributed by atoms with Crippen molar-refractivity contribution in [2.24, 2.45) is 0 Å². The lowest BCUT2D eigenvalue weighted by molar-refractivity contribution is -0.276. The van der Waals surface area contributed by atoms with Crippen LogP contribution in [0.15, 0.2) is 12.1 Å². The maximum absolute atomic E-state index is 11.9. The molecule has 2 N–H and O–H groups in total. The minimum Gasteiger partial charge on any atom is -0.387 e. The maximum Gasteiger partial charge on any atom is 0.574 e. The Morgan fingerprint density at radius 1 is 1.47 bits per heavy atom. The number of hydrogen-bond donors (Lipinski definition) is 1. The molecular weight excluding hydrogens is 237 g/mol. The van der Waals surface area contributed by atoms with Crippen molar-refractivity contribution < 1.29 is 22.7 Å². The number of alkyl halides is 3. The van der Waals surface area contributed by atoms with Gasteiger partial charge in [0.2, 0.25) is 5.88 Å². The lowest BCUT2D eigenvalue weighted by Gasteiger charge is -2.10. The van der Waals surface area contributed by atoms with E-state index in [9.17, 15) is 18.0 Å². The van der Waals surface area contributed by atoms with Crippen LogP contribution in [-0.2, 0) is 0 Å². The summed E-state index contributed by atoms with van der Waals surface area (Å²) in [6.07, 6.45) is -4.96. The Hall–Kier alpha value is -1.50. The number of halogens is 4. The molecular formula is C7H4ClF3N2O2. The number of carbonyl (C=O) groups is 1. The maximum atomic E-state index is 11.9. The summed E-state index contributed by atoms with van der Waals surface area (Å²) in [6, 6.07) is 2.14. The third kappa shape index (κ3) is 3.28. The van der Waals surface area contributed by atoms with E-state index in [0.29, 0.717) is 0 Å². The Morgan fingerprint density at radius 2 is 2.07 bits per heavy atom. The summed E-state index contributed by atoms with van der Waals surface area (Å²) in [5, 5.41) is -1.11. The summed E-state index contributed by atoms with van der Waals surface area (Å²) >= 11 is 5.02. The van der Waals surface area contributed by atoms with Crippen LogP contribution in [0.5, 0.6) is 5.88 Å². The number of nitrogen functional groups attached to an aromatic ring is 1. The highest BCUT2D eigenvalue weighted by molar-refractivity contribution is 6.68. The molecule has 1 aromatic rings. The van der Waals surface area contributed by atoms with Crippen molar-refractivity contribution in [1.82, 2.24) is 4.98 Å². The Bertz CT molecular complexity index is 394. The second-order valence-corrected chi connectivity index (χ2v) is 2.75. The van der Waals surface area contributed by atoms with Gasteiger partial charge in [0.25, 0.3) is 5.24 Å². The van der Waals surface area contributed by atoms with E-state index in [-0.39, 0.29) is 5.82 Å². The molecule has 0 aliphatic rings. The standard InChI is InChI=1S/C7H4ClF3N2O2/c8-5(14)3-1-2-4(12)13-6(3)15-7(9,10)11/h1-2H,(H2,12,13). The van der Waals surface area contributed by atoms with Crippen molar-refractivity contribution in [3.63, 3.8) is 0 Å². The van der Waals surface area contributed by atoms with Gasteiger partial charge in [-0.3, -0.25) is 4.79 Å². The number of carbonyl (C=O) groups excluding carboxylic acids is 1. The Morgan fingerprint density at radius 3 is 2.53 bits per heavy atom. The van der Waals surface area contributed by atoms with Crippen LogP contribution in [0.4, 0.5) is 19.0 Å². The average Bonchev–Trinajstić information content (AvgIpc) is 1.99. The lowest BCUT2D eigenvalue weighted by atomic mass is 10.3. The number of aromatic nitrogens is 1. The topological polar surface area (TPSA) is 65.2 Å². The molecule has 0 fully saturated rings. The first kappa shape index (κ1) is 11.6. The normalized spacial score (nSPS) is 11.2. The first-order chi connectivity index (χ1) is 6.79. The highest BCUT2D eigenvalue weighted by atomic mass is 35.5. The molecule has 1 rings (SSSR count). The number of rotatable bonds is 2. The number of ether oxygens (including phenoxy) is 1. The molecule has 0 unspecified atom stereocenters. The number of nitrogens with zero attached hydrogens (tertiary/aromatic N) is 1. The van der Waals surface area contributed by atoms with E-state index in [1.165, 1.54) is 0 Å². The molecule has 0 spiro atoms. The first-order valence-corrected chi connectivity index (χ1v) is 3.89. The van der Waals surface area contributed by atoms with Crippen molar-refractivity contribution >= 4 is 22.7 Å². The predicted molar refractivity (Wildman–Crippen MR) is 45.5 cm³/mol. The van der Waals surface area contributed by atoms with Gasteiger partial charge in [-0.25, -0.2) is 0 Å². The zero-order valence-corrected chi connectivity index (χ0v) is 7.76. The van der Waals surface area contributed by atoms with Crippen molar-refractivity contribution in [3.8, 4) is 5.88 Å². The van der Waals surface area contributed by atoms with Crippen LogP contribution in [-0.4, -0.2) is 16.6 Å². The van der Waals surface area contributed by atoms with E-state index in [4.69, 9.17) is 17.3 Å². The summed E-state index contributed by atoms with van der Waals surface area (Å²) in [7, 11) is 0. The molecule has 0 atom stereocenters. The van der Waals surface area contributed by atoms with E-state index in [1.807, 2.05) is 0 Å². The first-order valence-electron chi connectivity index (χ1n) is 3.51. The Balaban J connectivity index is 3.13. The average molecular weight is 241 g/mol. The summed E-state index contributed by atoms with van der Waals surface area (Å²) < 4.78 is 39.1. The van der Waals surface area contributed by atoms with Crippen LogP contribution < -0.4 is 10.5 Å². The van der Waals surface area contributed by atoms with Gasteiger partial charge in [0.05, 0.1) is 5.56 Å². The minimum absolute atomic E-state index is 0.212. The fourth-order valence-electron chi connectivity index (χ4n) is 0.792. The molecule has 15 heavy (non-hydrogen) atoms. The van der Waals surface area contributed by atoms with E-state index in [0.717, 1.165) is 12.1 Å². The molecule has 0 aliphatic carbocycles. The smallest absolute Gasteiger partial charge is 0.387 e. The van der Waals surface area contributed by atoms with Gasteiger partial charge < -0.3 is 10.5 Å². The number of nitrogens with two attached hydrogens (primary N) is 1.